The molecule has 4 nitrogen and oxygen atoms in total. The van der Waals surface area contributed by atoms with Crippen molar-refractivity contribution in [3.8, 4) is 0 Å². The molecule has 0 heterocycles. The molecule has 94 valence electrons. The molecule has 0 aliphatic carbocycles. The number of halogens is 2. The van der Waals surface area contributed by atoms with Gasteiger partial charge in [-0.1, -0.05) is 30.3 Å². The number of carboxylic acids is 1. The Hall–Kier alpha value is -1.53. The van der Waals surface area contributed by atoms with E-state index < -0.39 is 18.1 Å². The fourth-order valence-corrected chi connectivity index (χ4v) is 1.28. The first-order valence-electron chi connectivity index (χ1n) is 4.90. The van der Waals surface area contributed by atoms with Crippen molar-refractivity contribution in [1.82, 2.24) is 5.32 Å². The molecule has 0 unspecified atom stereocenters. The number of carbonyl (C=O) groups is 1. The molecule has 0 radical (unpaired) electrons. The van der Waals surface area contributed by atoms with E-state index in [2.05, 4.69) is 10.1 Å². The zero-order valence-electron chi connectivity index (χ0n) is 9.19. The van der Waals surface area contributed by atoms with Crippen LogP contribution in [0.15, 0.2) is 30.3 Å². The molecule has 0 saturated carbocycles. The summed E-state index contributed by atoms with van der Waals surface area (Å²) in [4.78, 5) is 10.7. The van der Waals surface area contributed by atoms with Gasteiger partial charge >= 0.3 is 12.1 Å². The molecule has 1 rings (SSSR count). The van der Waals surface area contributed by atoms with E-state index in [1.807, 2.05) is 0 Å². The Kier molecular flexibility index (Phi) is 4.53. The van der Waals surface area contributed by atoms with E-state index in [4.69, 9.17) is 5.11 Å². The minimum Gasteiger partial charge on any atom is -0.480 e. The Morgan fingerprint density at radius 3 is 2.53 bits per heavy atom. The van der Waals surface area contributed by atoms with E-state index in [-0.39, 0.29) is 6.54 Å². The molecule has 6 heteroatoms. The largest absolute Gasteiger partial charge is 0.480 e. The molecule has 1 atom stereocenters. The van der Waals surface area contributed by atoms with Crippen LogP contribution < -0.4 is 5.32 Å². The average Bonchev–Trinajstić information content (AvgIpc) is 2.30. The fraction of sp³-hybridized carbons (Fsp3) is 0.364. The summed E-state index contributed by atoms with van der Waals surface area (Å²) in [5, 5.41) is 10.9. The monoisotopic (exact) mass is 245 g/mol. The number of nitrogens with one attached hydrogen (secondary N) is 1. The molecule has 0 saturated heterocycles. The minimum absolute atomic E-state index is 0.0246. The van der Waals surface area contributed by atoms with Crippen molar-refractivity contribution >= 4 is 5.97 Å². The van der Waals surface area contributed by atoms with Gasteiger partial charge in [-0.05, 0) is 5.56 Å². The third kappa shape index (κ3) is 3.76. The highest BCUT2D eigenvalue weighted by molar-refractivity contribution is 5.74. The Morgan fingerprint density at radius 2 is 2.06 bits per heavy atom. The zero-order chi connectivity index (χ0) is 12.9. The van der Waals surface area contributed by atoms with Gasteiger partial charge in [-0.2, -0.15) is 8.78 Å². The van der Waals surface area contributed by atoms with E-state index in [1.54, 1.807) is 30.3 Å². The Labute approximate surface area is 97.2 Å². The normalized spacial score (nSPS) is 13.4. The predicted molar refractivity (Wildman–Crippen MR) is 56.7 cm³/mol. The standard InChI is InChI=1S/C11H13F2NO3/c1-17-11(12,13)9(10(15)16)14-7-8-5-3-2-4-6-8/h2-6,9,14H,7H2,1H3,(H,15,16)/t9-/m0/s1. The summed E-state index contributed by atoms with van der Waals surface area (Å²) >= 11 is 0. The second-order valence-electron chi connectivity index (χ2n) is 3.40. The second kappa shape index (κ2) is 5.70. The Bertz CT molecular complexity index is 370. The number of alkyl halides is 2. The van der Waals surface area contributed by atoms with Crippen LogP contribution in [0.2, 0.25) is 0 Å². The molecule has 2 N–H and O–H groups in total. The van der Waals surface area contributed by atoms with Crippen LogP contribution in [0.4, 0.5) is 8.78 Å². The summed E-state index contributed by atoms with van der Waals surface area (Å²) in [6.07, 6.45) is -3.75. The summed E-state index contributed by atoms with van der Waals surface area (Å²) in [6, 6.07) is 6.59. The summed E-state index contributed by atoms with van der Waals surface area (Å²) < 4.78 is 30.1. The van der Waals surface area contributed by atoms with E-state index in [0.717, 1.165) is 7.11 Å². The maximum atomic E-state index is 13.1. The lowest BCUT2D eigenvalue weighted by atomic mass is 10.2. The van der Waals surface area contributed by atoms with Crippen LogP contribution in [0.5, 0.6) is 0 Å². The van der Waals surface area contributed by atoms with Crippen LogP contribution in [0, 0.1) is 0 Å². The van der Waals surface area contributed by atoms with Gasteiger partial charge in [0.15, 0.2) is 6.04 Å². The number of benzene rings is 1. The van der Waals surface area contributed by atoms with Gasteiger partial charge < -0.3 is 9.84 Å². The molecule has 0 amide bonds. The first-order valence-corrected chi connectivity index (χ1v) is 4.90. The van der Waals surface area contributed by atoms with Crippen LogP contribution in [-0.2, 0) is 16.1 Å². The molecular formula is C11H13F2NO3. The van der Waals surface area contributed by atoms with Crippen LogP contribution in [-0.4, -0.2) is 30.3 Å². The molecule has 0 spiro atoms. The topological polar surface area (TPSA) is 58.6 Å². The molecule has 1 aromatic rings. The zero-order valence-corrected chi connectivity index (χ0v) is 9.19. The molecule has 0 aromatic heterocycles. The molecule has 0 fully saturated rings. The van der Waals surface area contributed by atoms with E-state index >= 15 is 0 Å². The maximum Gasteiger partial charge on any atom is 0.381 e. The van der Waals surface area contributed by atoms with Crippen LogP contribution >= 0.6 is 0 Å². The average molecular weight is 245 g/mol. The van der Waals surface area contributed by atoms with Gasteiger partial charge in [0.05, 0.1) is 0 Å². The third-order valence-electron chi connectivity index (χ3n) is 2.21. The van der Waals surface area contributed by atoms with Gasteiger partial charge in [-0.25, -0.2) is 0 Å². The summed E-state index contributed by atoms with van der Waals surface area (Å²) in [5.74, 6) is -1.66. The lowest BCUT2D eigenvalue weighted by molar-refractivity contribution is -0.242. The summed E-state index contributed by atoms with van der Waals surface area (Å²) in [5.41, 5.74) is 0.714. The van der Waals surface area contributed by atoms with Gasteiger partial charge in [-0.3, -0.25) is 10.1 Å². The second-order valence-corrected chi connectivity index (χ2v) is 3.40. The first kappa shape index (κ1) is 13.5. The highest BCUT2D eigenvalue weighted by Gasteiger charge is 2.44. The van der Waals surface area contributed by atoms with Crippen molar-refractivity contribution in [2.45, 2.75) is 18.7 Å². The highest BCUT2D eigenvalue weighted by Crippen LogP contribution is 2.19. The smallest absolute Gasteiger partial charge is 0.381 e. The number of aliphatic carboxylic acids is 1. The lowest BCUT2D eigenvalue weighted by Gasteiger charge is -2.22. The summed E-state index contributed by atoms with van der Waals surface area (Å²) in [7, 11) is 0.764. The first-order chi connectivity index (χ1) is 7.97. The molecule has 17 heavy (non-hydrogen) atoms. The third-order valence-corrected chi connectivity index (χ3v) is 2.21. The fourth-order valence-electron chi connectivity index (χ4n) is 1.28. The van der Waals surface area contributed by atoms with E-state index in [9.17, 15) is 13.6 Å². The molecule has 0 aliphatic rings. The number of hydrogen-bond acceptors (Lipinski definition) is 3. The van der Waals surface area contributed by atoms with Gasteiger partial charge in [0.2, 0.25) is 0 Å². The molecule has 0 bridgehead atoms. The van der Waals surface area contributed by atoms with Gasteiger partial charge in [0.1, 0.15) is 0 Å². The lowest BCUT2D eigenvalue weighted by Crippen LogP contribution is -2.51. The van der Waals surface area contributed by atoms with E-state index in [1.165, 1.54) is 0 Å². The van der Waals surface area contributed by atoms with Gasteiger partial charge in [-0.15, -0.1) is 0 Å². The molecular weight excluding hydrogens is 232 g/mol. The number of hydrogen-bond donors (Lipinski definition) is 2. The van der Waals surface area contributed by atoms with Crippen molar-refractivity contribution in [2.24, 2.45) is 0 Å². The van der Waals surface area contributed by atoms with Crippen molar-refractivity contribution in [2.75, 3.05) is 7.11 Å². The quantitative estimate of drug-likeness (QED) is 0.796. The van der Waals surface area contributed by atoms with Crippen molar-refractivity contribution in [1.29, 1.82) is 0 Å². The van der Waals surface area contributed by atoms with Gasteiger partial charge in [0, 0.05) is 13.7 Å². The maximum absolute atomic E-state index is 13.1. The van der Waals surface area contributed by atoms with Crippen molar-refractivity contribution in [3.63, 3.8) is 0 Å². The van der Waals surface area contributed by atoms with E-state index in [0.29, 0.717) is 5.56 Å². The van der Waals surface area contributed by atoms with Crippen molar-refractivity contribution in [3.05, 3.63) is 35.9 Å². The van der Waals surface area contributed by atoms with Gasteiger partial charge in [0.25, 0.3) is 0 Å². The number of carboxylic acid groups (broad SMARTS) is 1. The molecule has 0 aliphatic heterocycles. The molecule has 1 aromatic carbocycles. The van der Waals surface area contributed by atoms with Crippen LogP contribution in [0.1, 0.15) is 5.56 Å². The van der Waals surface area contributed by atoms with Crippen LogP contribution in [0.3, 0.4) is 0 Å². The SMILES string of the molecule is COC(F)(F)[C@@H](NCc1ccccc1)C(=O)O. The number of rotatable bonds is 6. The summed E-state index contributed by atoms with van der Waals surface area (Å²) in [6.45, 7) is 0.0246. The number of ether oxygens (including phenoxy) is 1. The predicted octanol–water partition coefficient (Wildman–Crippen LogP) is 1.47. The minimum atomic E-state index is -3.75. The Balaban J connectivity index is 2.66. The highest BCUT2D eigenvalue weighted by atomic mass is 19.3. The van der Waals surface area contributed by atoms with Crippen molar-refractivity contribution < 1.29 is 23.4 Å². The Morgan fingerprint density at radius 1 is 1.47 bits per heavy atom. The number of methoxy groups -OCH3 is 1. The van der Waals surface area contributed by atoms with Crippen LogP contribution in [0.25, 0.3) is 0 Å².